The molecule has 26 heavy (non-hydrogen) atoms. The average molecular weight is 374 g/mol. The van der Waals surface area contributed by atoms with Gasteiger partial charge in [-0.05, 0) is 50.2 Å². The predicted octanol–water partition coefficient (Wildman–Crippen LogP) is 3.22. The number of benzene rings is 1. The highest BCUT2D eigenvalue weighted by Gasteiger charge is 2.17. The van der Waals surface area contributed by atoms with Crippen LogP contribution in [0.5, 0.6) is 0 Å². The van der Waals surface area contributed by atoms with E-state index in [4.69, 9.17) is 8.83 Å². The molecule has 2 N–H and O–H groups in total. The van der Waals surface area contributed by atoms with Gasteiger partial charge in [0.15, 0.2) is 0 Å². The van der Waals surface area contributed by atoms with Crippen molar-refractivity contribution < 1.29 is 22.0 Å². The average Bonchev–Trinajstić information content (AvgIpc) is 3.22. The molecule has 1 amide bonds. The van der Waals surface area contributed by atoms with Crippen LogP contribution in [0.3, 0.4) is 0 Å². The van der Waals surface area contributed by atoms with E-state index in [9.17, 15) is 13.2 Å². The first-order valence-electron chi connectivity index (χ1n) is 7.85. The van der Waals surface area contributed by atoms with E-state index in [1.807, 2.05) is 0 Å². The van der Waals surface area contributed by atoms with Crippen LogP contribution in [0, 0.1) is 13.8 Å². The van der Waals surface area contributed by atoms with Gasteiger partial charge in [-0.25, -0.2) is 13.1 Å². The maximum Gasteiger partial charge on any atom is 0.259 e. The lowest BCUT2D eigenvalue weighted by Gasteiger charge is -2.09. The minimum absolute atomic E-state index is 0.0411. The summed E-state index contributed by atoms with van der Waals surface area (Å²) in [7, 11) is -3.74. The molecule has 2 heterocycles. The van der Waals surface area contributed by atoms with Crippen molar-refractivity contribution in [1.82, 2.24) is 4.72 Å². The standard InChI is InChI=1S/C18H18N2O5S/c1-12-9-17(13(2)25-12)18(21)20-14-5-3-7-16(10-14)26(22,23)19-11-15-6-4-8-24-15/h3-10,19H,11H2,1-2H3,(H,20,21). The summed E-state index contributed by atoms with van der Waals surface area (Å²) < 4.78 is 37.7. The van der Waals surface area contributed by atoms with Crippen molar-refractivity contribution in [2.45, 2.75) is 25.3 Å². The van der Waals surface area contributed by atoms with E-state index in [2.05, 4.69) is 10.0 Å². The summed E-state index contributed by atoms with van der Waals surface area (Å²) in [5, 5.41) is 2.68. The number of carbonyl (C=O) groups is 1. The highest BCUT2D eigenvalue weighted by Crippen LogP contribution is 2.19. The Labute approximate surface area is 151 Å². The number of hydrogen-bond acceptors (Lipinski definition) is 5. The minimum Gasteiger partial charge on any atom is -0.468 e. The normalized spacial score (nSPS) is 11.5. The Morgan fingerprint density at radius 2 is 1.92 bits per heavy atom. The van der Waals surface area contributed by atoms with Crippen molar-refractivity contribution in [3.63, 3.8) is 0 Å². The molecule has 0 radical (unpaired) electrons. The molecular weight excluding hydrogens is 356 g/mol. The van der Waals surface area contributed by atoms with E-state index in [1.165, 1.54) is 18.4 Å². The van der Waals surface area contributed by atoms with E-state index >= 15 is 0 Å². The maximum absolute atomic E-state index is 12.4. The van der Waals surface area contributed by atoms with Gasteiger partial charge < -0.3 is 14.2 Å². The summed E-state index contributed by atoms with van der Waals surface area (Å²) >= 11 is 0. The molecule has 0 saturated carbocycles. The van der Waals surface area contributed by atoms with Gasteiger partial charge in [0.25, 0.3) is 5.91 Å². The van der Waals surface area contributed by atoms with Gasteiger partial charge in [-0.2, -0.15) is 0 Å². The zero-order valence-corrected chi connectivity index (χ0v) is 15.1. The second-order valence-electron chi connectivity index (χ2n) is 5.71. The number of carbonyl (C=O) groups excluding carboxylic acids is 1. The fraction of sp³-hybridized carbons (Fsp3) is 0.167. The van der Waals surface area contributed by atoms with Crippen molar-refractivity contribution in [1.29, 1.82) is 0 Å². The quantitative estimate of drug-likeness (QED) is 0.690. The van der Waals surface area contributed by atoms with E-state index in [-0.39, 0.29) is 17.3 Å². The third kappa shape index (κ3) is 4.04. The Morgan fingerprint density at radius 1 is 1.12 bits per heavy atom. The molecule has 0 atom stereocenters. The van der Waals surface area contributed by atoms with Gasteiger partial charge in [0.2, 0.25) is 10.0 Å². The molecule has 0 fully saturated rings. The fourth-order valence-electron chi connectivity index (χ4n) is 2.46. The lowest BCUT2D eigenvalue weighted by atomic mass is 10.2. The topological polar surface area (TPSA) is 102 Å². The van der Waals surface area contributed by atoms with Crippen LogP contribution in [0.25, 0.3) is 0 Å². The van der Waals surface area contributed by atoms with Crippen molar-refractivity contribution in [2.75, 3.05) is 5.32 Å². The Morgan fingerprint density at radius 3 is 2.58 bits per heavy atom. The monoisotopic (exact) mass is 374 g/mol. The summed E-state index contributed by atoms with van der Waals surface area (Å²) in [5.74, 6) is 1.27. The van der Waals surface area contributed by atoms with E-state index in [1.54, 1.807) is 44.2 Å². The Bertz CT molecular complexity index is 1020. The molecule has 136 valence electrons. The van der Waals surface area contributed by atoms with Gasteiger partial charge in [-0.15, -0.1) is 0 Å². The van der Waals surface area contributed by atoms with Crippen molar-refractivity contribution in [2.24, 2.45) is 0 Å². The molecule has 8 heteroatoms. The lowest BCUT2D eigenvalue weighted by molar-refractivity contribution is 0.102. The van der Waals surface area contributed by atoms with E-state index in [0.29, 0.717) is 28.5 Å². The first-order chi connectivity index (χ1) is 12.3. The summed E-state index contributed by atoms with van der Waals surface area (Å²) in [4.78, 5) is 12.4. The molecule has 0 aliphatic rings. The third-order valence-electron chi connectivity index (χ3n) is 3.70. The summed E-state index contributed by atoms with van der Waals surface area (Å²) in [6.07, 6.45) is 1.47. The molecule has 0 saturated heterocycles. The summed E-state index contributed by atoms with van der Waals surface area (Å²) in [6.45, 7) is 3.49. The number of hydrogen-bond donors (Lipinski definition) is 2. The molecule has 0 aliphatic heterocycles. The van der Waals surface area contributed by atoms with Crippen LogP contribution >= 0.6 is 0 Å². The predicted molar refractivity (Wildman–Crippen MR) is 95.3 cm³/mol. The fourth-order valence-corrected chi connectivity index (χ4v) is 3.50. The Kier molecular flexibility index (Phi) is 4.97. The largest absolute Gasteiger partial charge is 0.468 e. The molecule has 2 aromatic heterocycles. The number of sulfonamides is 1. The van der Waals surface area contributed by atoms with Gasteiger partial charge in [0.1, 0.15) is 17.3 Å². The zero-order chi connectivity index (χ0) is 18.7. The second kappa shape index (κ2) is 7.19. The number of anilines is 1. The van der Waals surface area contributed by atoms with Crippen LogP contribution in [-0.2, 0) is 16.6 Å². The molecule has 0 bridgehead atoms. The molecule has 1 aromatic carbocycles. The van der Waals surface area contributed by atoms with Gasteiger partial charge in [0, 0.05) is 5.69 Å². The van der Waals surface area contributed by atoms with Crippen molar-refractivity contribution in [3.05, 3.63) is 71.6 Å². The van der Waals surface area contributed by atoms with Crippen LogP contribution < -0.4 is 10.0 Å². The summed E-state index contributed by atoms with van der Waals surface area (Å²) in [6, 6.07) is 11.0. The number of nitrogens with one attached hydrogen (secondary N) is 2. The van der Waals surface area contributed by atoms with E-state index in [0.717, 1.165) is 0 Å². The molecule has 0 unspecified atom stereocenters. The smallest absolute Gasteiger partial charge is 0.259 e. The SMILES string of the molecule is Cc1cc(C(=O)Nc2cccc(S(=O)(=O)NCc3ccco3)c2)c(C)o1. The molecule has 3 aromatic rings. The van der Waals surface area contributed by atoms with Crippen LogP contribution in [-0.4, -0.2) is 14.3 Å². The molecule has 0 aliphatic carbocycles. The minimum atomic E-state index is -3.74. The highest BCUT2D eigenvalue weighted by molar-refractivity contribution is 7.89. The van der Waals surface area contributed by atoms with Crippen LogP contribution in [0.2, 0.25) is 0 Å². The third-order valence-corrected chi connectivity index (χ3v) is 5.10. The lowest BCUT2D eigenvalue weighted by Crippen LogP contribution is -2.23. The van der Waals surface area contributed by atoms with Gasteiger partial charge in [0.05, 0.1) is 23.3 Å². The van der Waals surface area contributed by atoms with Crippen molar-refractivity contribution in [3.8, 4) is 0 Å². The number of furan rings is 2. The first kappa shape index (κ1) is 18.0. The molecule has 0 spiro atoms. The molecule has 7 nitrogen and oxygen atoms in total. The Hall–Kier alpha value is -2.84. The number of aryl methyl sites for hydroxylation is 2. The highest BCUT2D eigenvalue weighted by atomic mass is 32.2. The first-order valence-corrected chi connectivity index (χ1v) is 9.34. The molecular formula is C18H18N2O5S. The molecule has 3 rings (SSSR count). The second-order valence-corrected chi connectivity index (χ2v) is 7.48. The van der Waals surface area contributed by atoms with Gasteiger partial charge in [-0.3, -0.25) is 4.79 Å². The summed E-state index contributed by atoms with van der Waals surface area (Å²) in [5.41, 5.74) is 0.779. The van der Waals surface area contributed by atoms with Crippen molar-refractivity contribution >= 4 is 21.6 Å². The number of amides is 1. The van der Waals surface area contributed by atoms with E-state index < -0.39 is 10.0 Å². The van der Waals surface area contributed by atoms with Crippen LogP contribution in [0.1, 0.15) is 27.6 Å². The Balaban J connectivity index is 1.75. The van der Waals surface area contributed by atoms with Gasteiger partial charge in [-0.1, -0.05) is 6.07 Å². The van der Waals surface area contributed by atoms with Gasteiger partial charge >= 0.3 is 0 Å². The zero-order valence-electron chi connectivity index (χ0n) is 14.3. The number of rotatable bonds is 6. The van der Waals surface area contributed by atoms with Crippen LogP contribution in [0.15, 0.2) is 62.5 Å². The maximum atomic E-state index is 12.4. The van der Waals surface area contributed by atoms with Crippen LogP contribution in [0.4, 0.5) is 5.69 Å².